The van der Waals surface area contributed by atoms with E-state index in [0.29, 0.717) is 22.8 Å². The number of fused-ring (bicyclic) bond motifs is 1. The summed E-state index contributed by atoms with van der Waals surface area (Å²) in [6.45, 7) is 4.13. The first kappa shape index (κ1) is 28.0. The summed E-state index contributed by atoms with van der Waals surface area (Å²) in [6, 6.07) is 8.59. The molecule has 1 aliphatic rings. The maximum atomic E-state index is 6.55. The zero-order chi connectivity index (χ0) is 28.4. The molecule has 210 valence electrons. The molecular formula is C28H34ClN9OS. The molecule has 2 aromatic heterocycles. The molecule has 0 aliphatic carbocycles. The van der Waals surface area contributed by atoms with Crippen molar-refractivity contribution in [3.05, 3.63) is 53.4 Å². The summed E-state index contributed by atoms with van der Waals surface area (Å²) in [4.78, 5) is 22.9. The summed E-state index contributed by atoms with van der Waals surface area (Å²) in [5.41, 5.74) is 6.38. The Kier molecular flexibility index (Phi) is 8.34. The van der Waals surface area contributed by atoms with Gasteiger partial charge in [-0.15, -0.1) is 0 Å². The Morgan fingerprint density at radius 1 is 1.07 bits per heavy atom. The summed E-state index contributed by atoms with van der Waals surface area (Å²) in [7, 11) is 7.93. The van der Waals surface area contributed by atoms with Gasteiger partial charge in [-0.1, -0.05) is 23.5 Å². The highest BCUT2D eigenvalue weighted by molar-refractivity contribution is 7.99. The number of likely N-dealkylation sites (N-methyl/N-ethyl adjacent to an activating group) is 1. The predicted octanol–water partition coefficient (Wildman–Crippen LogP) is 5.73. The maximum absolute atomic E-state index is 6.55. The molecule has 1 saturated heterocycles. The Morgan fingerprint density at radius 2 is 1.88 bits per heavy atom. The van der Waals surface area contributed by atoms with E-state index in [2.05, 4.69) is 68.5 Å². The average molecular weight is 580 g/mol. The van der Waals surface area contributed by atoms with E-state index in [9.17, 15) is 0 Å². The Labute approximate surface area is 244 Å². The minimum Gasteiger partial charge on any atom is -0.494 e. The highest BCUT2D eigenvalue weighted by atomic mass is 35.5. The second-order valence-corrected chi connectivity index (χ2v) is 11.2. The number of ether oxygens (including phenoxy) is 1. The first-order chi connectivity index (χ1) is 19.3. The summed E-state index contributed by atoms with van der Waals surface area (Å²) >= 11 is 8.12. The number of halogens is 1. The van der Waals surface area contributed by atoms with Gasteiger partial charge in [0.2, 0.25) is 5.95 Å². The van der Waals surface area contributed by atoms with Crippen LogP contribution in [-0.4, -0.2) is 78.5 Å². The fourth-order valence-corrected chi connectivity index (χ4v) is 5.47. The van der Waals surface area contributed by atoms with Crippen LogP contribution in [0.3, 0.4) is 0 Å². The molecule has 5 rings (SSSR count). The average Bonchev–Trinajstić information content (AvgIpc) is 3.45. The molecule has 0 radical (unpaired) electrons. The number of nitrogens with one attached hydrogen (secondary N) is 2. The zero-order valence-electron chi connectivity index (χ0n) is 23.6. The Hall–Kier alpha value is -3.54. The minimum absolute atomic E-state index is 0.394. The molecule has 4 aromatic rings. The summed E-state index contributed by atoms with van der Waals surface area (Å²) in [6.07, 6.45) is 8.10. The molecule has 1 atom stereocenters. The number of hydrogen-bond acceptors (Lipinski definition) is 11. The lowest BCUT2D eigenvalue weighted by molar-refractivity contribution is 0.315. The molecule has 2 aromatic carbocycles. The van der Waals surface area contributed by atoms with E-state index >= 15 is 0 Å². The Morgan fingerprint density at radius 3 is 2.60 bits per heavy atom. The second kappa shape index (κ2) is 11.9. The quantitative estimate of drug-likeness (QED) is 0.238. The van der Waals surface area contributed by atoms with Crippen LogP contribution < -0.4 is 24.6 Å². The monoisotopic (exact) mass is 579 g/mol. The maximum Gasteiger partial charge on any atom is 0.229 e. The van der Waals surface area contributed by atoms with Gasteiger partial charge in [-0.2, -0.15) is 4.98 Å². The Balaban J connectivity index is 1.43. The van der Waals surface area contributed by atoms with Crippen LogP contribution in [-0.2, 0) is 0 Å². The van der Waals surface area contributed by atoms with Crippen molar-refractivity contribution >= 4 is 69.1 Å². The molecule has 1 aliphatic heterocycles. The lowest BCUT2D eigenvalue weighted by Gasteiger charge is -2.24. The van der Waals surface area contributed by atoms with E-state index in [1.165, 1.54) is 5.69 Å². The summed E-state index contributed by atoms with van der Waals surface area (Å²) in [5.74, 6) is 1.59. The van der Waals surface area contributed by atoms with Crippen LogP contribution in [0.1, 0.15) is 12.0 Å². The number of nitrogens with zero attached hydrogens (tertiary/aromatic N) is 7. The number of benzene rings is 2. The Bertz CT molecular complexity index is 1520. The van der Waals surface area contributed by atoms with Crippen molar-refractivity contribution in [1.29, 1.82) is 0 Å². The van der Waals surface area contributed by atoms with Crippen molar-refractivity contribution in [3.63, 3.8) is 0 Å². The van der Waals surface area contributed by atoms with Crippen molar-refractivity contribution in [1.82, 2.24) is 24.8 Å². The third-order valence-electron chi connectivity index (χ3n) is 7.20. The van der Waals surface area contributed by atoms with Crippen LogP contribution in [0.15, 0.2) is 42.9 Å². The number of rotatable bonds is 9. The highest BCUT2D eigenvalue weighted by Crippen LogP contribution is 2.39. The number of anilines is 6. The van der Waals surface area contributed by atoms with E-state index in [4.69, 9.17) is 21.3 Å². The predicted molar refractivity (Wildman–Crippen MR) is 167 cm³/mol. The van der Waals surface area contributed by atoms with Gasteiger partial charge in [0.05, 0.1) is 35.9 Å². The fraction of sp³-hybridized carbons (Fsp3) is 0.357. The van der Waals surface area contributed by atoms with E-state index in [1.54, 1.807) is 37.6 Å². The van der Waals surface area contributed by atoms with Gasteiger partial charge < -0.3 is 29.5 Å². The molecule has 40 heavy (non-hydrogen) atoms. The van der Waals surface area contributed by atoms with Crippen LogP contribution in [0, 0.1) is 6.92 Å². The van der Waals surface area contributed by atoms with Crippen LogP contribution in [0.4, 0.5) is 34.5 Å². The molecule has 0 spiro atoms. The molecule has 0 bridgehead atoms. The molecule has 10 nitrogen and oxygen atoms in total. The number of aromatic nitrogens is 4. The lowest BCUT2D eigenvalue weighted by atomic mass is 10.1. The number of aryl methyl sites for hydroxylation is 1. The normalized spacial score (nSPS) is 15.1. The SMILES string of the molecule is COc1cc(N2CCC(N(C)C)C2)c(C)cc1Nc1ncc(Cl)c(Nc2ccc3nccnc3c2N(C)SC)n1. The molecule has 1 fully saturated rings. The summed E-state index contributed by atoms with van der Waals surface area (Å²) in [5, 5.41) is 7.11. The van der Waals surface area contributed by atoms with Crippen molar-refractivity contribution in [3.8, 4) is 5.75 Å². The number of methoxy groups -OCH3 is 1. The van der Waals surface area contributed by atoms with E-state index in [0.717, 1.165) is 58.9 Å². The largest absolute Gasteiger partial charge is 0.494 e. The van der Waals surface area contributed by atoms with Gasteiger partial charge in [-0.05, 0) is 51.2 Å². The van der Waals surface area contributed by atoms with Crippen LogP contribution in [0.5, 0.6) is 5.75 Å². The van der Waals surface area contributed by atoms with Gasteiger partial charge in [0, 0.05) is 56.6 Å². The van der Waals surface area contributed by atoms with Gasteiger partial charge in [0.25, 0.3) is 0 Å². The number of hydrogen-bond donors (Lipinski definition) is 2. The molecule has 1 unspecified atom stereocenters. The smallest absolute Gasteiger partial charge is 0.229 e. The standard InChI is InChI=1S/C28H34ClN9OS/c1-17-13-22(24(39-5)14-23(17)38-12-9-18(16-38)36(2)3)34-28-32-15-19(29)27(35-28)33-21-8-7-20-25(31-11-10-30-20)26(21)37(4)40-6/h7-8,10-11,13-15,18H,9,12,16H2,1-6H3,(H2,32,33,34,35). The van der Waals surface area contributed by atoms with Crippen LogP contribution in [0.25, 0.3) is 11.0 Å². The summed E-state index contributed by atoms with van der Waals surface area (Å²) < 4.78 is 7.81. The van der Waals surface area contributed by atoms with Crippen molar-refractivity contribution in [2.75, 3.05) is 67.4 Å². The molecular weight excluding hydrogens is 546 g/mol. The third kappa shape index (κ3) is 5.67. The van der Waals surface area contributed by atoms with Gasteiger partial charge >= 0.3 is 0 Å². The minimum atomic E-state index is 0.394. The third-order valence-corrected chi connectivity index (χ3v) is 8.21. The zero-order valence-corrected chi connectivity index (χ0v) is 25.1. The molecule has 2 N–H and O–H groups in total. The van der Waals surface area contributed by atoms with Crippen LogP contribution in [0.2, 0.25) is 5.02 Å². The molecule has 12 heteroatoms. The first-order valence-electron chi connectivity index (χ1n) is 13.0. The van der Waals surface area contributed by atoms with E-state index in [-0.39, 0.29) is 0 Å². The van der Waals surface area contributed by atoms with E-state index in [1.807, 2.05) is 29.7 Å². The van der Waals surface area contributed by atoms with Gasteiger partial charge in [-0.25, -0.2) is 4.98 Å². The van der Waals surface area contributed by atoms with E-state index < -0.39 is 0 Å². The van der Waals surface area contributed by atoms with Crippen molar-refractivity contribution < 1.29 is 4.74 Å². The topological polar surface area (TPSA) is 94.6 Å². The first-order valence-corrected chi connectivity index (χ1v) is 14.5. The highest BCUT2D eigenvalue weighted by Gasteiger charge is 2.26. The molecule has 0 amide bonds. The molecule has 0 saturated carbocycles. The lowest BCUT2D eigenvalue weighted by Crippen LogP contribution is -2.31. The van der Waals surface area contributed by atoms with Gasteiger partial charge in [-0.3, -0.25) is 9.97 Å². The van der Waals surface area contributed by atoms with Crippen molar-refractivity contribution in [2.24, 2.45) is 0 Å². The van der Waals surface area contributed by atoms with Crippen LogP contribution >= 0.6 is 23.5 Å². The van der Waals surface area contributed by atoms with Gasteiger partial charge in [0.1, 0.15) is 16.3 Å². The van der Waals surface area contributed by atoms with Crippen molar-refractivity contribution in [2.45, 2.75) is 19.4 Å². The fourth-order valence-electron chi connectivity index (χ4n) is 4.96. The molecule has 3 heterocycles. The second-order valence-electron chi connectivity index (χ2n) is 9.90. The van der Waals surface area contributed by atoms with Gasteiger partial charge in [0.15, 0.2) is 5.82 Å².